The van der Waals surface area contributed by atoms with Gasteiger partial charge in [0.05, 0.1) is 25.4 Å². The third-order valence-electron chi connectivity index (χ3n) is 3.47. The van der Waals surface area contributed by atoms with Gasteiger partial charge in [-0.25, -0.2) is 0 Å². The lowest BCUT2D eigenvalue weighted by molar-refractivity contribution is -0.0370. The van der Waals surface area contributed by atoms with Crippen molar-refractivity contribution in [2.75, 3.05) is 26.9 Å². The summed E-state index contributed by atoms with van der Waals surface area (Å²) in [6.07, 6.45) is 3.45. The summed E-state index contributed by atoms with van der Waals surface area (Å²) < 4.78 is 16.3. The minimum Gasteiger partial charge on any atom is -0.496 e. The van der Waals surface area contributed by atoms with Crippen LogP contribution in [0.15, 0.2) is 18.2 Å². The van der Waals surface area contributed by atoms with E-state index in [9.17, 15) is 4.79 Å². The van der Waals surface area contributed by atoms with Crippen molar-refractivity contribution in [1.29, 1.82) is 0 Å². The first-order chi connectivity index (χ1) is 9.70. The van der Waals surface area contributed by atoms with Gasteiger partial charge in [-0.1, -0.05) is 6.07 Å². The second-order valence-corrected chi connectivity index (χ2v) is 5.13. The van der Waals surface area contributed by atoms with E-state index in [4.69, 9.17) is 14.2 Å². The molecule has 1 saturated heterocycles. The Morgan fingerprint density at radius 2 is 2.25 bits per heavy atom. The molecule has 1 fully saturated rings. The maximum Gasteiger partial charge on any atom is 0.192 e. The second-order valence-electron chi connectivity index (χ2n) is 5.13. The number of carbonyl (C=O) groups is 1. The molecule has 1 unspecified atom stereocenters. The van der Waals surface area contributed by atoms with Gasteiger partial charge >= 0.3 is 0 Å². The summed E-state index contributed by atoms with van der Waals surface area (Å²) in [4.78, 5) is 12.1. The molecule has 4 heteroatoms. The van der Waals surface area contributed by atoms with Crippen molar-refractivity contribution < 1.29 is 19.0 Å². The number of ether oxygens (including phenoxy) is 3. The molecule has 0 aliphatic carbocycles. The van der Waals surface area contributed by atoms with E-state index >= 15 is 0 Å². The fourth-order valence-corrected chi connectivity index (χ4v) is 2.33. The number of methoxy groups -OCH3 is 1. The number of aryl methyl sites for hydroxylation is 1. The minimum absolute atomic E-state index is 0.0577. The molecule has 2 rings (SSSR count). The molecule has 0 bridgehead atoms. The average molecular weight is 278 g/mol. The van der Waals surface area contributed by atoms with Crippen LogP contribution in [-0.4, -0.2) is 38.8 Å². The van der Waals surface area contributed by atoms with Crippen LogP contribution in [0, 0.1) is 6.92 Å². The van der Waals surface area contributed by atoms with Crippen molar-refractivity contribution in [2.45, 2.75) is 32.3 Å². The van der Waals surface area contributed by atoms with Crippen LogP contribution in [0.1, 0.15) is 35.2 Å². The molecule has 20 heavy (non-hydrogen) atoms. The molecular formula is C16H22O4. The molecule has 0 saturated carbocycles. The van der Waals surface area contributed by atoms with Crippen LogP contribution in [0.25, 0.3) is 0 Å². The normalized spacial score (nSPS) is 18.8. The van der Waals surface area contributed by atoms with Gasteiger partial charge in [0, 0.05) is 6.61 Å². The molecule has 110 valence electrons. The second kappa shape index (κ2) is 7.41. The third-order valence-corrected chi connectivity index (χ3v) is 3.47. The van der Waals surface area contributed by atoms with E-state index in [0.717, 1.165) is 25.0 Å². The van der Waals surface area contributed by atoms with Crippen LogP contribution >= 0.6 is 0 Å². The molecule has 0 radical (unpaired) electrons. The first-order valence-electron chi connectivity index (χ1n) is 7.08. The van der Waals surface area contributed by atoms with Crippen LogP contribution in [0.3, 0.4) is 0 Å². The molecule has 4 nitrogen and oxygen atoms in total. The fourth-order valence-electron chi connectivity index (χ4n) is 2.33. The third kappa shape index (κ3) is 4.05. The monoisotopic (exact) mass is 278 g/mol. The molecule has 0 spiro atoms. The lowest BCUT2D eigenvalue weighted by Gasteiger charge is -2.22. The van der Waals surface area contributed by atoms with E-state index in [2.05, 4.69) is 0 Å². The van der Waals surface area contributed by atoms with Crippen LogP contribution in [0.4, 0.5) is 0 Å². The van der Waals surface area contributed by atoms with Crippen LogP contribution in [-0.2, 0) is 9.47 Å². The predicted molar refractivity (Wildman–Crippen MR) is 76.5 cm³/mol. The maximum atomic E-state index is 12.1. The topological polar surface area (TPSA) is 44.8 Å². The number of ketones is 1. The van der Waals surface area contributed by atoms with Gasteiger partial charge in [0.2, 0.25) is 0 Å². The Bertz CT molecular complexity index is 450. The van der Waals surface area contributed by atoms with Gasteiger partial charge in [-0.2, -0.15) is 0 Å². The van der Waals surface area contributed by atoms with E-state index in [1.165, 1.54) is 6.42 Å². The Balaban J connectivity index is 1.85. The number of hydrogen-bond donors (Lipinski definition) is 0. The van der Waals surface area contributed by atoms with Crippen LogP contribution in [0.5, 0.6) is 5.75 Å². The highest BCUT2D eigenvalue weighted by Gasteiger charge is 2.16. The smallest absolute Gasteiger partial charge is 0.192 e. The summed E-state index contributed by atoms with van der Waals surface area (Å²) in [7, 11) is 1.57. The van der Waals surface area contributed by atoms with Crippen molar-refractivity contribution in [1.82, 2.24) is 0 Å². The van der Waals surface area contributed by atoms with Gasteiger partial charge in [-0.15, -0.1) is 0 Å². The largest absolute Gasteiger partial charge is 0.496 e. The van der Waals surface area contributed by atoms with E-state index in [1.54, 1.807) is 13.2 Å². The van der Waals surface area contributed by atoms with Crippen molar-refractivity contribution in [3.63, 3.8) is 0 Å². The maximum absolute atomic E-state index is 12.1. The van der Waals surface area contributed by atoms with E-state index in [-0.39, 0.29) is 18.5 Å². The highest BCUT2D eigenvalue weighted by molar-refractivity contribution is 5.99. The van der Waals surface area contributed by atoms with Crippen LogP contribution in [0.2, 0.25) is 0 Å². The molecule has 1 aliphatic heterocycles. The van der Waals surface area contributed by atoms with Crippen LogP contribution < -0.4 is 4.74 Å². The Hall–Kier alpha value is -1.39. The number of hydrogen-bond acceptors (Lipinski definition) is 4. The van der Waals surface area contributed by atoms with Gasteiger partial charge in [0.15, 0.2) is 5.78 Å². The summed E-state index contributed by atoms with van der Waals surface area (Å²) in [6.45, 7) is 3.32. The summed E-state index contributed by atoms with van der Waals surface area (Å²) in [5.41, 5.74) is 1.64. The van der Waals surface area contributed by atoms with E-state index in [1.807, 2.05) is 19.1 Å². The summed E-state index contributed by atoms with van der Waals surface area (Å²) >= 11 is 0. The molecule has 1 heterocycles. The first kappa shape index (κ1) is 15.0. The van der Waals surface area contributed by atoms with Gasteiger partial charge in [-0.05, 0) is 43.9 Å². The first-order valence-corrected chi connectivity index (χ1v) is 7.08. The Kier molecular flexibility index (Phi) is 5.56. The molecule has 0 amide bonds. The summed E-state index contributed by atoms with van der Waals surface area (Å²) in [5.74, 6) is 0.546. The molecule has 1 aromatic carbocycles. The molecule has 1 aromatic rings. The average Bonchev–Trinajstić information content (AvgIpc) is 2.48. The Labute approximate surface area is 120 Å². The molecule has 1 aliphatic rings. The predicted octanol–water partition coefficient (Wildman–Crippen LogP) is 2.77. The van der Waals surface area contributed by atoms with Gasteiger partial charge < -0.3 is 14.2 Å². The number of benzene rings is 1. The van der Waals surface area contributed by atoms with Crippen molar-refractivity contribution in [2.24, 2.45) is 0 Å². The Morgan fingerprint density at radius 1 is 1.40 bits per heavy atom. The standard InChI is InChI=1S/C16H22O4/c1-12-6-7-14(16(9-12)18-2)15(17)11-19-10-13-5-3-4-8-20-13/h6-7,9,13H,3-5,8,10-11H2,1-2H3. The quantitative estimate of drug-likeness (QED) is 0.751. The van der Waals surface area contributed by atoms with Crippen molar-refractivity contribution in [3.8, 4) is 5.75 Å². The van der Waals surface area contributed by atoms with Gasteiger partial charge in [-0.3, -0.25) is 4.79 Å². The SMILES string of the molecule is COc1cc(C)ccc1C(=O)COCC1CCCCO1. The zero-order chi connectivity index (χ0) is 14.4. The molecule has 0 N–H and O–H groups in total. The number of Topliss-reactive ketones (excluding diaryl/α,β-unsaturated/α-hetero) is 1. The molecule has 0 aromatic heterocycles. The van der Waals surface area contributed by atoms with Crippen molar-refractivity contribution in [3.05, 3.63) is 29.3 Å². The highest BCUT2D eigenvalue weighted by atomic mass is 16.5. The number of rotatable bonds is 6. The summed E-state index contributed by atoms with van der Waals surface area (Å²) in [6, 6.07) is 5.55. The number of carbonyl (C=O) groups excluding carboxylic acids is 1. The summed E-state index contributed by atoms with van der Waals surface area (Å²) in [5, 5.41) is 0. The lowest BCUT2D eigenvalue weighted by atomic mass is 10.1. The van der Waals surface area contributed by atoms with Gasteiger partial charge in [0.25, 0.3) is 0 Å². The van der Waals surface area contributed by atoms with E-state index < -0.39 is 0 Å². The van der Waals surface area contributed by atoms with Gasteiger partial charge in [0.1, 0.15) is 12.4 Å². The van der Waals surface area contributed by atoms with E-state index in [0.29, 0.717) is 17.9 Å². The Morgan fingerprint density at radius 3 is 2.95 bits per heavy atom. The zero-order valence-electron chi connectivity index (χ0n) is 12.2. The highest BCUT2D eigenvalue weighted by Crippen LogP contribution is 2.20. The van der Waals surface area contributed by atoms with Crippen molar-refractivity contribution >= 4 is 5.78 Å². The fraction of sp³-hybridized carbons (Fsp3) is 0.562. The molecular weight excluding hydrogens is 256 g/mol. The molecule has 1 atom stereocenters. The lowest BCUT2D eigenvalue weighted by Crippen LogP contribution is -2.25. The minimum atomic E-state index is -0.0577. The zero-order valence-corrected chi connectivity index (χ0v) is 12.2.